The number of imide groups is 1. The van der Waals surface area contributed by atoms with E-state index in [-0.39, 0.29) is 22.5 Å². The molecule has 2 N–H and O–H groups in total. The number of anilines is 2. The van der Waals surface area contributed by atoms with Gasteiger partial charge in [-0.25, -0.2) is 9.91 Å². The van der Waals surface area contributed by atoms with E-state index in [1.165, 1.54) is 37.3 Å². The van der Waals surface area contributed by atoms with E-state index in [2.05, 4.69) is 26.2 Å². The first-order valence-corrected chi connectivity index (χ1v) is 13.8. The van der Waals surface area contributed by atoms with E-state index in [4.69, 9.17) is 4.74 Å². The number of carbonyl (C=O) groups excluding carboxylic acids is 3. The number of hydrogen-bond acceptors (Lipinski definition) is 9. The predicted molar refractivity (Wildman–Crippen MR) is 158 cm³/mol. The SMILES string of the molecule is CC(=O)Oc1cc(N2C(=O)[C@@H]3[C@@H](C=CC([C@H](O)C(C)(C)CC(C)(C)C)N3Nc3ccc([N+](=O)[O-])cc3)C2=O)ccc1C. The summed E-state index contributed by atoms with van der Waals surface area (Å²) in [6, 6.07) is 8.73. The first-order valence-electron chi connectivity index (χ1n) is 13.8. The van der Waals surface area contributed by atoms with Gasteiger partial charge in [-0.2, -0.15) is 0 Å². The number of nitrogens with one attached hydrogen (secondary N) is 1. The molecular formula is C31H38N4O7. The molecule has 0 bridgehead atoms. The highest BCUT2D eigenvalue weighted by Crippen LogP contribution is 2.42. The minimum Gasteiger partial charge on any atom is -0.426 e. The van der Waals surface area contributed by atoms with Crippen molar-refractivity contribution in [2.45, 2.75) is 73.1 Å². The molecule has 0 radical (unpaired) electrons. The molecule has 1 saturated heterocycles. The molecule has 0 saturated carbocycles. The molecule has 0 aromatic heterocycles. The summed E-state index contributed by atoms with van der Waals surface area (Å²) in [6.07, 6.45) is 3.13. The summed E-state index contributed by atoms with van der Waals surface area (Å²) < 4.78 is 5.28. The van der Waals surface area contributed by atoms with E-state index >= 15 is 0 Å². The van der Waals surface area contributed by atoms with Crippen molar-refractivity contribution in [2.75, 3.05) is 10.3 Å². The highest BCUT2D eigenvalue weighted by atomic mass is 16.6. The zero-order valence-electron chi connectivity index (χ0n) is 25.0. The quantitative estimate of drug-likeness (QED) is 0.113. The normalized spacial score (nSPS) is 21.7. The van der Waals surface area contributed by atoms with E-state index in [1.807, 2.05) is 13.8 Å². The highest BCUT2D eigenvalue weighted by molar-refractivity contribution is 6.24. The number of nitrogens with zero attached hydrogens (tertiary/aromatic N) is 3. The number of amides is 2. The van der Waals surface area contributed by atoms with Crippen LogP contribution in [0.25, 0.3) is 0 Å². The van der Waals surface area contributed by atoms with Crippen molar-refractivity contribution >= 4 is 34.8 Å². The van der Waals surface area contributed by atoms with Crippen molar-refractivity contribution < 1.29 is 29.2 Å². The fourth-order valence-electron chi connectivity index (χ4n) is 6.06. The summed E-state index contributed by atoms with van der Waals surface area (Å²) >= 11 is 0. The lowest BCUT2D eigenvalue weighted by atomic mass is 9.70. The fraction of sp³-hybridized carbons (Fsp3) is 0.452. The molecule has 11 heteroatoms. The number of rotatable bonds is 8. The average Bonchev–Trinajstić information content (AvgIpc) is 3.13. The molecule has 1 unspecified atom stereocenters. The molecule has 2 aromatic carbocycles. The van der Waals surface area contributed by atoms with E-state index in [9.17, 15) is 29.6 Å². The summed E-state index contributed by atoms with van der Waals surface area (Å²) in [5.74, 6) is -2.14. The maximum atomic E-state index is 14.1. The molecule has 4 rings (SSSR count). The van der Waals surface area contributed by atoms with Crippen LogP contribution in [0.1, 0.15) is 53.5 Å². The minimum atomic E-state index is -1.03. The van der Waals surface area contributed by atoms with Gasteiger partial charge >= 0.3 is 5.97 Å². The van der Waals surface area contributed by atoms with Gasteiger partial charge in [-0.3, -0.25) is 24.5 Å². The van der Waals surface area contributed by atoms with Crippen LogP contribution in [0.15, 0.2) is 54.6 Å². The molecule has 11 nitrogen and oxygen atoms in total. The van der Waals surface area contributed by atoms with Gasteiger partial charge in [0.15, 0.2) is 0 Å². The number of nitro groups is 1. The first-order chi connectivity index (χ1) is 19.5. The molecule has 2 amide bonds. The minimum absolute atomic E-state index is 0.0942. The number of fused-ring (bicyclic) bond motifs is 1. The van der Waals surface area contributed by atoms with Crippen molar-refractivity contribution in [1.82, 2.24) is 5.01 Å². The second-order valence-electron chi connectivity index (χ2n) is 12.9. The van der Waals surface area contributed by atoms with Gasteiger partial charge in [0.1, 0.15) is 11.8 Å². The largest absolute Gasteiger partial charge is 0.426 e. The zero-order chi connectivity index (χ0) is 31.1. The number of ether oxygens (including phenoxy) is 1. The van der Waals surface area contributed by atoms with E-state index in [0.717, 1.165) is 4.90 Å². The fourth-order valence-corrected chi connectivity index (χ4v) is 6.06. The van der Waals surface area contributed by atoms with Gasteiger partial charge in [0.25, 0.3) is 11.6 Å². The van der Waals surface area contributed by atoms with Crippen molar-refractivity contribution in [3.8, 4) is 5.75 Å². The molecule has 1 fully saturated rings. The van der Waals surface area contributed by atoms with E-state index in [0.29, 0.717) is 17.7 Å². The second-order valence-corrected chi connectivity index (χ2v) is 12.9. The van der Waals surface area contributed by atoms with Crippen LogP contribution < -0.4 is 15.1 Å². The first kappa shape index (κ1) is 30.9. The summed E-state index contributed by atoms with van der Waals surface area (Å²) in [4.78, 5) is 51.1. The number of nitro benzene ring substituents is 1. The third kappa shape index (κ3) is 6.22. The Morgan fingerprint density at radius 3 is 2.29 bits per heavy atom. The smallest absolute Gasteiger partial charge is 0.308 e. The molecule has 2 aliphatic rings. The summed E-state index contributed by atoms with van der Waals surface area (Å²) in [5, 5.41) is 24.5. The predicted octanol–water partition coefficient (Wildman–Crippen LogP) is 4.78. The Labute approximate surface area is 245 Å². The van der Waals surface area contributed by atoms with E-state index in [1.54, 1.807) is 36.2 Å². The number of hydrogen-bond donors (Lipinski definition) is 2. The van der Waals surface area contributed by atoms with E-state index < -0.39 is 52.2 Å². The molecule has 4 atom stereocenters. The van der Waals surface area contributed by atoms with Crippen molar-refractivity contribution in [1.29, 1.82) is 0 Å². The summed E-state index contributed by atoms with van der Waals surface area (Å²) in [5.41, 5.74) is 3.78. The molecule has 0 aliphatic carbocycles. The molecule has 2 aromatic rings. The number of carbonyl (C=O) groups is 3. The summed E-state index contributed by atoms with van der Waals surface area (Å²) in [7, 11) is 0. The topological polar surface area (TPSA) is 142 Å². The lowest BCUT2D eigenvalue weighted by molar-refractivity contribution is -0.384. The molecule has 42 heavy (non-hydrogen) atoms. The molecular weight excluding hydrogens is 540 g/mol. The van der Waals surface area contributed by atoms with Crippen LogP contribution in [0.3, 0.4) is 0 Å². The second kappa shape index (κ2) is 11.3. The van der Waals surface area contributed by atoms with Crippen molar-refractivity contribution in [3.05, 3.63) is 70.3 Å². The van der Waals surface area contributed by atoms with Crippen molar-refractivity contribution in [2.24, 2.45) is 16.7 Å². The Hall–Kier alpha value is -4.09. The average molecular weight is 579 g/mol. The van der Waals surface area contributed by atoms with Gasteiger partial charge in [0, 0.05) is 30.8 Å². The Bertz CT molecular complexity index is 1430. The Morgan fingerprint density at radius 2 is 1.71 bits per heavy atom. The molecule has 224 valence electrons. The number of aliphatic hydroxyl groups excluding tert-OH is 1. The maximum Gasteiger partial charge on any atom is 0.308 e. The number of aliphatic hydroxyl groups is 1. The Morgan fingerprint density at radius 1 is 1.07 bits per heavy atom. The monoisotopic (exact) mass is 578 g/mol. The number of benzene rings is 2. The zero-order valence-corrected chi connectivity index (χ0v) is 25.0. The lowest BCUT2D eigenvalue weighted by Crippen LogP contribution is -2.60. The third-order valence-electron chi connectivity index (χ3n) is 7.59. The standard InChI is InChI=1S/C31H38N4O7/c1-18-8-11-22(16-25(18)42-19(2)36)33-28(38)23-14-15-24(27(37)31(6,7)17-30(3,4)5)34(26(23)29(33)39)32-20-9-12-21(13-10-20)35(40)41/h8-16,23-24,26-27,32,37H,17H2,1-7H3/t23-,24?,26+,27+/m1/s1. The van der Waals surface area contributed by atoms with Crippen LogP contribution in [0.2, 0.25) is 0 Å². The van der Waals surface area contributed by atoms with Crippen LogP contribution in [0.4, 0.5) is 17.1 Å². The maximum absolute atomic E-state index is 14.1. The number of aryl methyl sites for hydroxylation is 1. The van der Waals surface area contributed by atoms with Gasteiger partial charge in [0.05, 0.1) is 28.7 Å². The van der Waals surface area contributed by atoms with Crippen LogP contribution in [-0.2, 0) is 14.4 Å². The van der Waals surface area contributed by atoms with Crippen molar-refractivity contribution in [3.63, 3.8) is 0 Å². The molecule has 0 spiro atoms. The van der Waals surface area contributed by atoms with Gasteiger partial charge in [-0.15, -0.1) is 0 Å². The summed E-state index contributed by atoms with van der Waals surface area (Å²) in [6.45, 7) is 13.2. The Balaban J connectivity index is 1.75. The van der Waals surface area contributed by atoms with Gasteiger partial charge in [-0.1, -0.05) is 52.8 Å². The highest BCUT2D eigenvalue weighted by Gasteiger charge is 2.55. The number of esters is 1. The lowest BCUT2D eigenvalue weighted by Gasteiger charge is -2.46. The third-order valence-corrected chi connectivity index (χ3v) is 7.59. The molecule has 2 heterocycles. The number of non-ortho nitro benzene ring substituents is 1. The number of hydrazine groups is 1. The van der Waals surface area contributed by atoms with Crippen LogP contribution in [-0.4, -0.2) is 51.0 Å². The molecule has 2 aliphatic heterocycles. The van der Waals surface area contributed by atoms with Crippen LogP contribution in [0.5, 0.6) is 5.75 Å². The van der Waals surface area contributed by atoms with Crippen LogP contribution >= 0.6 is 0 Å². The van der Waals surface area contributed by atoms with Gasteiger partial charge in [-0.05, 0) is 47.9 Å². The van der Waals surface area contributed by atoms with Crippen LogP contribution in [0, 0.1) is 33.8 Å². The van der Waals surface area contributed by atoms with Gasteiger partial charge < -0.3 is 15.3 Å². The Kier molecular flexibility index (Phi) is 8.30. The van der Waals surface area contributed by atoms with Gasteiger partial charge in [0.2, 0.25) is 5.91 Å².